The highest BCUT2D eigenvalue weighted by atomic mass is 32.2. The molecule has 1 aliphatic rings. The van der Waals surface area contributed by atoms with Crippen LogP contribution in [0.4, 0.5) is 0 Å². The first-order valence-electron chi connectivity index (χ1n) is 9.02. The molecule has 1 amide bonds. The molecule has 1 atom stereocenters. The number of piperazine rings is 1. The predicted octanol–water partition coefficient (Wildman–Crippen LogP) is 1.31. The molecule has 26 heavy (non-hydrogen) atoms. The van der Waals surface area contributed by atoms with Crippen molar-refractivity contribution in [2.75, 3.05) is 39.8 Å². The molecule has 1 saturated heterocycles. The van der Waals surface area contributed by atoms with E-state index in [-0.39, 0.29) is 16.8 Å². The first-order chi connectivity index (χ1) is 12.4. The van der Waals surface area contributed by atoms with Crippen molar-refractivity contribution in [1.82, 2.24) is 14.5 Å². The highest BCUT2D eigenvalue weighted by molar-refractivity contribution is 7.89. The van der Waals surface area contributed by atoms with E-state index in [0.29, 0.717) is 38.5 Å². The van der Waals surface area contributed by atoms with Crippen molar-refractivity contribution in [3.63, 3.8) is 0 Å². The van der Waals surface area contributed by atoms with Gasteiger partial charge in [0.25, 0.3) is 0 Å². The van der Waals surface area contributed by atoms with E-state index in [1.165, 1.54) is 4.31 Å². The maximum absolute atomic E-state index is 12.7. The SMILES string of the molecule is CCC[C@@H](C)NC(=O)CN1CCN(S(=O)(=O)c2ccc(OC)cc2)CC1. The number of ether oxygens (including phenoxy) is 1. The van der Waals surface area contributed by atoms with Crippen LogP contribution in [-0.2, 0) is 14.8 Å². The van der Waals surface area contributed by atoms with Crippen LogP contribution < -0.4 is 10.1 Å². The van der Waals surface area contributed by atoms with Gasteiger partial charge in [0, 0.05) is 32.2 Å². The topological polar surface area (TPSA) is 79.0 Å². The summed E-state index contributed by atoms with van der Waals surface area (Å²) in [7, 11) is -1.97. The van der Waals surface area contributed by atoms with Crippen molar-refractivity contribution < 1.29 is 17.9 Å². The number of sulfonamides is 1. The lowest BCUT2D eigenvalue weighted by atomic mass is 10.2. The monoisotopic (exact) mass is 383 g/mol. The third-order valence-corrected chi connectivity index (χ3v) is 6.44. The average Bonchev–Trinajstić information content (AvgIpc) is 2.62. The Morgan fingerprint density at radius 3 is 2.35 bits per heavy atom. The van der Waals surface area contributed by atoms with E-state index in [4.69, 9.17) is 4.74 Å². The van der Waals surface area contributed by atoms with Crippen LogP contribution in [0.15, 0.2) is 29.2 Å². The lowest BCUT2D eigenvalue weighted by Gasteiger charge is -2.33. The molecule has 7 nitrogen and oxygen atoms in total. The summed E-state index contributed by atoms with van der Waals surface area (Å²) in [6, 6.07) is 6.58. The number of methoxy groups -OCH3 is 1. The van der Waals surface area contributed by atoms with Crippen LogP contribution in [0.5, 0.6) is 5.75 Å². The number of hydrogen-bond donors (Lipinski definition) is 1. The van der Waals surface area contributed by atoms with Crippen molar-refractivity contribution in [1.29, 1.82) is 0 Å². The van der Waals surface area contributed by atoms with Gasteiger partial charge in [0.2, 0.25) is 15.9 Å². The summed E-state index contributed by atoms with van der Waals surface area (Å²) in [5, 5.41) is 2.98. The summed E-state index contributed by atoms with van der Waals surface area (Å²) >= 11 is 0. The zero-order valence-electron chi connectivity index (χ0n) is 15.8. The van der Waals surface area contributed by atoms with Gasteiger partial charge in [-0.2, -0.15) is 4.31 Å². The molecule has 0 aromatic heterocycles. The Labute approximate surface area is 156 Å². The molecule has 1 heterocycles. The Morgan fingerprint density at radius 1 is 1.19 bits per heavy atom. The van der Waals surface area contributed by atoms with Crippen LogP contribution in [-0.4, -0.2) is 69.4 Å². The highest BCUT2D eigenvalue weighted by Crippen LogP contribution is 2.20. The quantitative estimate of drug-likeness (QED) is 0.732. The van der Waals surface area contributed by atoms with Crippen LogP contribution in [0.25, 0.3) is 0 Å². The smallest absolute Gasteiger partial charge is 0.243 e. The lowest BCUT2D eigenvalue weighted by Crippen LogP contribution is -2.51. The van der Waals surface area contributed by atoms with E-state index in [0.717, 1.165) is 12.8 Å². The summed E-state index contributed by atoms with van der Waals surface area (Å²) in [6.45, 7) is 6.25. The summed E-state index contributed by atoms with van der Waals surface area (Å²) in [5.41, 5.74) is 0. The fraction of sp³-hybridized carbons (Fsp3) is 0.611. The molecule has 1 aromatic rings. The van der Waals surface area contributed by atoms with Crippen LogP contribution in [0, 0.1) is 0 Å². The van der Waals surface area contributed by atoms with Gasteiger partial charge in [0.1, 0.15) is 5.75 Å². The van der Waals surface area contributed by atoms with E-state index >= 15 is 0 Å². The lowest BCUT2D eigenvalue weighted by molar-refractivity contribution is -0.123. The van der Waals surface area contributed by atoms with Crippen molar-refractivity contribution in [2.24, 2.45) is 0 Å². The maximum atomic E-state index is 12.7. The van der Waals surface area contributed by atoms with E-state index in [2.05, 4.69) is 12.2 Å². The van der Waals surface area contributed by atoms with Crippen LogP contribution in [0.1, 0.15) is 26.7 Å². The largest absolute Gasteiger partial charge is 0.497 e. The first-order valence-corrected chi connectivity index (χ1v) is 10.5. The Bertz CT molecular complexity index is 683. The second-order valence-corrected chi connectivity index (χ2v) is 8.55. The zero-order chi connectivity index (χ0) is 19.2. The second kappa shape index (κ2) is 9.34. The standard InChI is InChI=1S/C18H29N3O4S/c1-4-5-15(2)19-18(22)14-20-10-12-21(13-11-20)26(23,24)17-8-6-16(25-3)7-9-17/h6-9,15H,4-5,10-14H2,1-3H3,(H,19,22)/t15-/m1/s1. The van der Waals surface area contributed by atoms with Gasteiger partial charge in [-0.15, -0.1) is 0 Å². The molecule has 0 unspecified atom stereocenters. The number of amides is 1. The van der Waals surface area contributed by atoms with E-state index in [1.807, 2.05) is 11.8 Å². The van der Waals surface area contributed by atoms with E-state index in [9.17, 15) is 13.2 Å². The molecule has 0 aliphatic carbocycles. The zero-order valence-corrected chi connectivity index (χ0v) is 16.6. The molecule has 1 aromatic carbocycles. The first kappa shape index (κ1) is 20.7. The molecule has 1 aliphatic heterocycles. The summed E-state index contributed by atoms with van der Waals surface area (Å²) in [6.07, 6.45) is 1.99. The fourth-order valence-corrected chi connectivity index (χ4v) is 4.48. The summed E-state index contributed by atoms with van der Waals surface area (Å²) in [4.78, 5) is 14.3. The van der Waals surface area contributed by atoms with Crippen molar-refractivity contribution in [3.05, 3.63) is 24.3 Å². The molecular weight excluding hydrogens is 354 g/mol. The van der Waals surface area contributed by atoms with Gasteiger partial charge in [-0.25, -0.2) is 8.42 Å². The molecule has 2 rings (SSSR count). The minimum absolute atomic E-state index is 0.00240. The van der Waals surface area contributed by atoms with Gasteiger partial charge in [-0.3, -0.25) is 9.69 Å². The Hall–Kier alpha value is -1.64. The van der Waals surface area contributed by atoms with Crippen molar-refractivity contribution >= 4 is 15.9 Å². The number of rotatable bonds is 8. The van der Waals surface area contributed by atoms with Gasteiger partial charge in [-0.1, -0.05) is 13.3 Å². The van der Waals surface area contributed by atoms with Crippen LogP contribution >= 0.6 is 0 Å². The molecule has 0 bridgehead atoms. The second-order valence-electron chi connectivity index (χ2n) is 6.61. The number of hydrogen-bond acceptors (Lipinski definition) is 5. The maximum Gasteiger partial charge on any atom is 0.243 e. The minimum Gasteiger partial charge on any atom is -0.497 e. The molecule has 8 heteroatoms. The molecular formula is C18H29N3O4S. The molecule has 146 valence electrons. The van der Waals surface area contributed by atoms with Gasteiger partial charge in [0.15, 0.2) is 0 Å². The third kappa shape index (κ3) is 5.43. The predicted molar refractivity (Wildman–Crippen MR) is 101 cm³/mol. The molecule has 1 N–H and O–H groups in total. The van der Waals surface area contributed by atoms with E-state index in [1.54, 1.807) is 31.4 Å². The normalized spacial score (nSPS) is 17.7. The van der Waals surface area contributed by atoms with Crippen LogP contribution in [0.2, 0.25) is 0 Å². The Kier molecular flexibility index (Phi) is 7.43. The van der Waals surface area contributed by atoms with E-state index < -0.39 is 10.0 Å². The molecule has 0 radical (unpaired) electrons. The summed E-state index contributed by atoms with van der Waals surface area (Å²) in [5.74, 6) is 0.620. The molecule has 0 saturated carbocycles. The minimum atomic E-state index is -3.51. The molecule has 1 fully saturated rings. The van der Waals surface area contributed by atoms with Gasteiger partial charge in [-0.05, 0) is 37.6 Å². The fourth-order valence-electron chi connectivity index (χ4n) is 3.05. The molecule has 0 spiro atoms. The highest BCUT2D eigenvalue weighted by Gasteiger charge is 2.29. The van der Waals surface area contributed by atoms with Gasteiger partial charge >= 0.3 is 0 Å². The number of carbonyl (C=O) groups excluding carboxylic acids is 1. The third-order valence-electron chi connectivity index (χ3n) is 4.52. The number of benzene rings is 1. The van der Waals surface area contributed by atoms with Gasteiger partial charge < -0.3 is 10.1 Å². The van der Waals surface area contributed by atoms with Crippen molar-refractivity contribution in [3.8, 4) is 5.75 Å². The Balaban J connectivity index is 1.87. The number of nitrogens with one attached hydrogen (secondary N) is 1. The van der Waals surface area contributed by atoms with Crippen LogP contribution in [0.3, 0.4) is 0 Å². The number of nitrogens with zero attached hydrogens (tertiary/aromatic N) is 2. The van der Waals surface area contributed by atoms with Gasteiger partial charge in [0.05, 0.1) is 18.6 Å². The number of carbonyl (C=O) groups is 1. The average molecular weight is 384 g/mol. The van der Waals surface area contributed by atoms with Crippen molar-refractivity contribution in [2.45, 2.75) is 37.6 Å². The Morgan fingerprint density at radius 2 is 1.81 bits per heavy atom. The summed E-state index contributed by atoms with van der Waals surface area (Å²) < 4.78 is 32.0.